The zero-order valence-electron chi connectivity index (χ0n) is 13.1. The third-order valence-electron chi connectivity index (χ3n) is 3.28. The maximum absolute atomic E-state index is 12.8. The number of fused-ring (bicyclic) bond motifs is 1. The first-order valence-electron chi connectivity index (χ1n) is 7.50. The number of carbonyl (C=O) groups excluding carboxylic acids is 2. The number of carbonyl (C=O) groups is 2. The molecule has 0 aliphatic heterocycles. The maximum atomic E-state index is 12.8. The Kier molecular flexibility index (Phi) is 5.30. The van der Waals surface area contributed by atoms with Crippen molar-refractivity contribution in [2.24, 2.45) is 0 Å². The van der Waals surface area contributed by atoms with Crippen LogP contribution in [0.25, 0.3) is 11.0 Å². The summed E-state index contributed by atoms with van der Waals surface area (Å²) in [5.41, 5.74) is 2.21. The van der Waals surface area contributed by atoms with Gasteiger partial charge in [-0.1, -0.05) is 23.9 Å². The lowest BCUT2D eigenvalue weighted by Gasteiger charge is -2.06. The van der Waals surface area contributed by atoms with Crippen molar-refractivity contribution in [3.8, 4) is 0 Å². The van der Waals surface area contributed by atoms with E-state index in [2.05, 4.69) is 20.6 Å². The van der Waals surface area contributed by atoms with E-state index in [1.807, 2.05) is 24.3 Å². The van der Waals surface area contributed by atoms with Gasteiger partial charge in [-0.25, -0.2) is 9.37 Å². The third-order valence-corrected chi connectivity index (χ3v) is 4.16. The summed E-state index contributed by atoms with van der Waals surface area (Å²) in [6.07, 6.45) is 0. The number of thioether (sulfide) groups is 1. The van der Waals surface area contributed by atoms with Crippen molar-refractivity contribution in [2.75, 3.05) is 17.6 Å². The van der Waals surface area contributed by atoms with Crippen LogP contribution in [0.2, 0.25) is 0 Å². The van der Waals surface area contributed by atoms with Crippen molar-refractivity contribution < 1.29 is 14.0 Å². The molecule has 0 saturated carbocycles. The molecule has 3 aromatic rings. The molecule has 0 radical (unpaired) electrons. The average Bonchev–Trinajstić information content (AvgIpc) is 3.03. The minimum atomic E-state index is -0.381. The number of hydrogen-bond donors (Lipinski definition) is 3. The van der Waals surface area contributed by atoms with Crippen LogP contribution < -0.4 is 10.6 Å². The smallest absolute Gasteiger partial charge is 0.243 e. The van der Waals surface area contributed by atoms with Crippen LogP contribution in [0.5, 0.6) is 0 Å². The Bertz CT molecular complexity index is 862. The average molecular weight is 358 g/mol. The number of amides is 2. The normalized spacial score (nSPS) is 10.6. The number of aromatic amines is 1. The quantitative estimate of drug-likeness (QED) is 0.591. The lowest BCUT2D eigenvalue weighted by atomic mass is 10.3. The second-order valence-corrected chi connectivity index (χ2v) is 6.14. The highest BCUT2D eigenvalue weighted by molar-refractivity contribution is 7.99. The summed E-state index contributed by atoms with van der Waals surface area (Å²) >= 11 is 1.26. The molecule has 128 valence electrons. The van der Waals surface area contributed by atoms with Crippen LogP contribution in [-0.2, 0) is 9.59 Å². The predicted octanol–water partition coefficient (Wildman–Crippen LogP) is 2.55. The summed E-state index contributed by atoms with van der Waals surface area (Å²) in [5.74, 6) is -0.897. The minimum Gasteiger partial charge on any atom is -0.346 e. The molecular weight excluding hydrogens is 343 g/mol. The standard InChI is InChI=1S/C17H15FN4O2S/c18-11-5-7-12(8-6-11)20-15(23)9-19-16(24)10-25-17-21-13-3-1-2-4-14(13)22-17/h1-8H,9-10H2,(H,19,24)(H,20,23)(H,21,22). The number of hydrogen-bond acceptors (Lipinski definition) is 4. The number of imidazole rings is 1. The summed E-state index contributed by atoms with van der Waals surface area (Å²) in [5, 5.41) is 5.75. The molecule has 1 aromatic heterocycles. The Morgan fingerprint density at radius 3 is 2.60 bits per heavy atom. The monoisotopic (exact) mass is 358 g/mol. The van der Waals surface area contributed by atoms with Crippen molar-refractivity contribution in [3.63, 3.8) is 0 Å². The number of nitrogens with one attached hydrogen (secondary N) is 3. The topological polar surface area (TPSA) is 86.9 Å². The Morgan fingerprint density at radius 1 is 1.08 bits per heavy atom. The molecule has 3 rings (SSSR count). The molecule has 25 heavy (non-hydrogen) atoms. The Balaban J connectivity index is 1.43. The van der Waals surface area contributed by atoms with E-state index in [1.165, 1.54) is 36.0 Å². The van der Waals surface area contributed by atoms with E-state index >= 15 is 0 Å². The van der Waals surface area contributed by atoms with Gasteiger partial charge in [0.2, 0.25) is 11.8 Å². The molecule has 0 atom stereocenters. The van der Waals surface area contributed by atoms with Crippen LogP contribution in [0.3, 0.4) is 0 Å². The number of rotatable bonds is 6. The molecule has 0 aliphatic rings. The molecular formula is C17H15FN4O2S. The zero-order chi connectivity index (χ0) is 17.6. The van der Waals surface area contributed by atoms with Gasteiger partial charge in [0.1, 0.15) is 5.82 Å². The summed E-state index contributed by atoms with van der Waals surface area (Å²) in [4.78, 5) is 31.1. The van der Waals surface area contributed by atoms with Crippen LogP contribution in [0.15, 0.2) is 53.7 Å². The molecule has 2 amide bonds. The number of para-hydroxylation sites is 2. The van der Waals surface area contributed by atoms with E-state index in [4.69, 9.17) is 0 Å². The molecule has 1 heterocycles. The van der Waals surface area contributed by atoms with Gasteiger partial charge in [0.25, 0.3) is 0 Å². The largest absolute Gasteiger partial charge is 0.346 e. The number of aromatic nitrogens is 2. The van der Waals surface area contributed by atoms with Gasteiger partial charge in [0.05, 0.1) is 23.3 Å². The fourth-order valence-corrected chi connectivity index (χ4v) is 2.81. The Morgan fingerprint density at radius 2 is 1.84 bits per heavy atom. The highest BCUT2D eigenvalue weighted by Crippen LogP contribution is 2.18. The second-order valence-electron chi connectivity index (χ2n) is 5.18. The van der Waals surface area contributed by atoms with Crippen molar-refractivity contribution in [1.82, 2.24) is 15.3 Å². The highest BCUT2D eigenvalue weighted by atomic mass is 32.2. The molecule has 0 aliphatic carbocycles. The molecule has 8 heteroatoms. The van der Waals surface area contributed by atoms with Crippen LogP contribution in [0, 0.1) is 5.82 Å². The highest BCUT2D eigenvalue weighted by Gasteiger charge is 2.09. The van der Waals surface area contributed by atoms with Gasteiger partial charge >= 0.3 is 0 Å². The minimum absolute atomic E-state index is 0.143. The summed E-state index contributed by atoms with van der Waals surface area (Å²) < 4.78 is 12.8. The van der Waals surface area contributed by atoms with E-state index < -0.39 is 0 Å². The molecule has 0 unspecified atom stereocenters. The number of benzene rings is 2. The van der Waals surface area contributed by atoms with E-state index in [0.29, 0.717) is 10.8 Å². The van der Waals surface area contributed by atoms with Crippen molar-refractivity contribution in [1.29, 1.82) is 0 Å². The fourth-order valence-electron chi connectivity index (χ4n) is 2.10. The number of H-pyrrole nitrogens is 1. The molecule has 2 aromatic carbocycles. The van der Waals surface area contributed by atoms with Crippen LogP contribution in [0.4, 0.5) is 10.1 Å². The van der Waals surface area contributed by atoms with Crippen LogP contribution in [-0.4, -0.2) is 34.1 Å². The Labute approximate surface area is 147 Å². The van der Waals surface area contributed by atoms with E-state index in [1.54, 1.807) is 0 Å². The summed E-state index contributed by atoms with van der Waals surface area (Å²) in [7, 11) is 0. The molecule has 0 bridgehead atoms. The maximum Gasteiger partial charge on any atom is 0.243 e. The van der Waals surface area contributed by atoms with Crippen molar-refractivity contribution in [3.05, 3.63) is 54.3 Å². The fraction of sp³-hybridized carbons (Fsp3) is 0.118. The van der Waals surface area contributed by atoms with Gasteiger partial charge in [-0.15, -0.1) is 0 Å². The van der Waals surface area contributed by atoms with Gasteiger partial charge in [0, 0.05) is 5.69 Å². The lowest BCUT2D eigenvalue weighted by molar-refractivity contribution is -0.122. The molecule has 0 spiro atoms. The van der Waals surface area contributed by atoms with Gasteiger partial charge < -0.3 is 15.6 Å². The third kappa shape index (κ3) is 4.80. The zero-order valence-corrected chi connectivity index (χ0v) is 13.9. The van der Waals surface area contributed by atoms with E-state index in [-0.39, 0.29) is 29.9 Å². The first kappa shape index (κ1) is 17.0. The van der Waals surface area contributed by atoms with Gasteiger partial charge in [-0.2, -0.15) is 0 Å². The number of anilines is 1. The second kappa shape index (κ2) is 7.80. The molecule has 6 nitrogen and oxygen atoms in total. The van der Waals surface area contributed by atoms with Crippen molar-refractivity contribution in [2.45, 2.75) is 5.16 Å². The SMILES string of the molecule is O=C(CSc1nc2ccccc2[nH]1)NCC(=O)Nc1ccc(F)cc1. The molecule has 0 saturated heterocycles. The summed E-state index contributed by atoms with van der Waals surface area (Å²) in [6, 6.07) is 13.0. The lowest BCUT2D eigenvalue weighted by Crippen LogP contribution is -2.33. The van der Waals surface area contributed by atoms with Crippen LogP contribution in [0.1, 0.15) is 0 Å². The van der Waals surface area contributed by atoms with Gasteiger partial charge in [-0.05, 0) is 36.4 Å². The first-order chi connectivity index (χ1) is 12.1. The van der Waals surface area contributed by atoms with Crippen molar-refractivity contribution >= 4 is 40.3 Å². The summed E-state index contributed by atoms with van der Waals surface area (Å²) in [6.45, 7) is -0.156. The molecule has 0 fully saturated rings. The van der Waals surface area contributed by atoms with Crippen LogP contribution >= 0.6 is 11.8 Å². The van der Waals surface area contributed by atoms with Gasteiger partial charge in [0.15, 0.2) is 5.16 Å². The Hall–Kier alpha value is -2.87. The first-order valence-corrected chi connectivity index (χ1v) is 8.48. The number of nitrogens with zero attached hydrogens (tertiary/aromatic N) is 1. The van der Waals surface area contributed by atoms with Gasteiger partial charge in [-0.3, -0.25) is 9.59 Å². The van der Waals surface area contributed by atoms with E-state index in [0.717, 1.165) is 11.0 Å². The van der Waals surface area contributed by atoms with E-state index in [9.17, 15) is 14.0 Å². The number of halogens is 1. The molecule has 3 N–H and O–H groups in total. The predicted molar refractivity (Wildman–Crippen MR) is 94.9 cm³/mol.